The summed E-state index contributed by atoms with van der Waals surface area (Å²) >= 11 is 0. The van der Waals surface area contributed by atoms with E-state index in [0.29, 0.717) is 0 Å². The molecule has 0 aliphatic rings. The Balaban J connectivity index is 0. The molecule has 0 spiro atoms. The largest absolute Gasteiger partial charge is 0.395 e. The van der Waals surface area contributed by atoms with Crippen LogP contribution in [0.5, 0.6) is 0 Å². The molecule has 0 radical (unpaired) electrons. The summed E-state index contributed by atoms with van der Waals surface area (Å²) in [7, 11) is 1.82. The maximum atomic E-state index is 8.27. The van der Waals surface area contributed by atoms with Gasteiger partial charge in [0.1, 0.15) is 0 Å². The zero-order valence-electron chi connectivity index (χ0n) is 7.54. The second kappa shape index (κ2) is 9.84. The van der Waals surface area contributed by atoms with Crippen molar-refractivity contribution in [1.29, 1.82) is 0 Å². The average Bonchev–Trinajstić information content (AvgIpc) is 2.04. The van der Waals surface area contributed by atoms with Crippen molar-refractivity contribution in [3.05, 3.63) is 0 Å². The summed E-state index contributed by atoms with van der Waals surface area (Å²) in [5.74, 6) is 0. The summed E-state index contributed by atoms with van der Waals surface area (Å²) < 4.78 is 0. The number of aliphatic hydroxyl groups is 2. The average molecular weight is 164 g/mol. The molecule has 0 rings (SSSR count). The van der Waals surface area contributed by atoms with Crippen molar-refractivity contribution in [3.8, 4) is 0 Å². The van der Waals surface area contributed by atoms with Crippen molar-refractivity contribution in [2.45, 2.75) is 25.9 Å². The summed E-state index contributed by atoms with van der Waals surface area (Å²) in [6, 6.07) is 0.181. The topological polar surface area (TPSA) is 78.5 Å². The number of likely N-dealkylation sites (N-methyl/N-ethyl adjacent to an activating group) is 1. The molecule has 0 aromatic heterocycles. The monoisotopic (exact) mass is 164 g/mol. The molecule has 0 unspecified atom stereocenters. The van der Waals surface area contributed by atoms with Gasteiger partial charge < -0.3 is 21.3 Å². The highest BCUT2D eigenvalue weighted by Gasteiger charge is 1.88. The van der Waals surface area contributed by atoms with Gasteiger partial charge in [-0.2, -0.15) is 0 Å². The number of hydrogen-bond donors (Lipinski definition) is 4. The third kappa shape index (κ3) is 17.7. The molecular formula is C7H20N2O2. The molecule has 4 nitrogen and oxygen atoms in total. The van der Waals surface area contributed by atoms with Crippen molar-refractivity contribution in [3.63, 3.8) is 0 Å². The molecular weight excluding hydrogens is 144 g/mol. The minimum Gasteiger partial charge on any atom is -0.395 e. The molecule has 0 aliphatic heterocycles. The quantitative estimate of drug-likeness (QED) is 0.427. The van der Waals surface area contributed by atoms with Gasteiger partial charge in [0.15, 0.2) is 0 Å². The number of nitrogens with one attached hydrogen (secondary N) is 1. The van der Waals surface area contributed by atoms with Crippen LogP contribution in [-0.4, -0.2) is 42.6 Å². The van der Waals surface area contributed by atoms with Crippen LogP contribution in [-0.2, 0) is 0 Å². The number of hydrogen-bond acceptors (Lipinski definition) is 4. The molecule has 11 heavy (non-hydrogen) atoms. The lowest BCUT2D eigenvalue weighted by Crippen LogP contribution is -2.24. The van der Waals surface area contributed by atoms with Gasteiger partial charge in [-0.15, -0.1) is 0 Å². The van der Waals surface area contributed by atoms with E-state index in [1.54, 1.807) is 6.92 Å². The molecule has 5 N–H and O–H groups in total. The van der Waals surface area contributed by atoms with Crippen molar-refractivity contribution in [2.75, 3.05) is 20.3 Å². The number of nitrogens with two attached hydrogens (primary N) is 1. The minimum atomic E-state index is -0.0602. The zero-order valence-corrected chi connectivity index (χ0v) is 7.54. The van der Waals surface area contributed by atoms with E-state index in [1.807, 2.05) is 14.0 Å². The van der Waals surface area contributed by atoms with Gasteiger partial charge in [-0.25, -0.2) is 0 Å². The van der Waals surface area contributed by atoms with Gasteiger partial charge in [0.2, 0.25) is 0 Å². The highest BCUT2D eigenvalue weighted by atomic mass is 16.3. The fraction of sp³-hybridized carbons (Fsp3) is 1.00. The van der Waals surface area contributed by atoms with E-state index < -0.39 is 0 Å². The molecule has 0 saturated heterocycles. The Kier molecular flexibility index (Phi) is 12.0. The van der Waals surface area contributed by atoms with E-state index in [1.165, 1.54) is 0 Å². The molecule has 70 valence electrons. The molecule has 0 aliphatic carbocycles. The normalized spacial score (nSPS) is 14.7. The maximum absolute atomic E-state index is 8.27. The Labute approximate surface area is 68.4 Å². The lowest BCUT2D eigenvalue weighted by molar-refractivity contribution is 0.258. The summed E-state index contributed by atoms with van der Waals surface area (Å²) in [5.41, 5.74) is 5.04. The van der Waals surface area contributed by atoms with E-state index in [2.05, 4.69) is 5.32 Å². The van der Waals surface area contributed by atoms with E-state index in [-0.39, 0.29) is 25.3 Å². The molecule has 0 heterocycles. The molecule has 0 amide bonds. The van der Waals surface area contributed by atoms with E-state index in [0.717, 1.165) is 0 Å². The fourth-order valence-electron chi connectivity index (χ4n) is 0.0913. The second-order valence-electron chi connectivity index (χ2n) is 2.53. The summed E-state index contributed by atoms with van der Waals surface area (Å²) in [6.45, 7) is 3.97. The first kappa shape index (κ1) is 13.4. The van der Waals surface area contributed by atoms with E-state index in [4.69, 9.17) is 15.9 Å². The van der Waals surface area contributed by atoms with Crippen LogP contribution in [0.2, 0.25) is 0 Å². The van der Waals surface area contributed by atoms with Crippen LogP contribution in [0.25, 0.3) is 0 Å². The molecule has 0 saturated carbocycles. The Morgan fingerprint density at radius 3 is 1.64 bits per heavy atom. The third-order valence-electron chi connectivity index (χ3n) is 1.05. The van der Waals surface area contributed by atoms with Gasteiger partial charge >= 0.3 is 0 Å². The van der Waals surface area contributed by atoms with Crippen LogP contribution in [0.4, 0.5) is 0 Å². The van der Waals surface area contributed by atoms with E-state index in [9.17, 15) is 0 Å². The van der Waals surface area contributed by atoms with Crippen LogP contribution in [0.15, 0.2) is 0 Å². The standard InChI is InChI=1S/C4H11NO.C3H9NO/c1-4(3-6)5-2;1-3(4)2-5/h4-6H,3H2,1-2H3;3,5H,2,4H2,1H3/t4-;3-/m11/s1. The lowest BCUT2D eigenvalue weighted by Gasteiger charge is -2.01. The van der Waals surface area contributed by atoms with Crippen molar-refractivity contribution in [2.24, 2.45) is 5.73 Å². The first-order valence-electron chi connectivity index (χ1n) is 3.73. The Bertz CT molecular complexity index is 65.5. The Hall–Kier alpha value is -0.160. The minimum absolute atomic E-state index is 0.0602. The van der Waals surface area contributed by atoms with Gasteiger partial charge in [0, 0.05) is 12.1 Å². The predicted octanol–water partition coefficient (Wildman–Crippen LogP) is -1.09. The van der Waals surface area contributed by atoms with Crippen molar-refractivity contribution < 1.29 is 10.2 Å². The molecule has 0 aromatic rings. The van der Waals surface area contributed by atoms with Crippen LogP contribution in [0, 0.1) is 0 Å². The fourth-order valence-corrected chi connectivity index (χ4v) is 0.0913. The third-order valence-corrected chi connectivity index (χ3v) is 1.05. The number of aliphatic hydroxyl groups excluding tert-OH is 2. The summed E-state index contributed by atoms with van der Waals surface area (Å²) in [6.07, 6.45) is 0. The highest BCUT2D eigenvalue weighted by Crippen LogP contribution is 1.70. The molecule has 2 atom stereocenters. The Morgan fingerprint density at radius 1 is 1.27 bits per heavy atom. The highest BCUT2D eigenvalue weighted by molar-refractivity contribution is 4.49. The first-order valence-corrected chi connectivity index (χ1v) is 3.73. The van der Waals surface area contributed by atoms with Gasteiger partial charge in [-0.3, -0.25) is 0 Å². The van der Waals surface area contributed by atoms with Gasteiger partial charge in [-0.1, -0.05) is 0 Å². The second-order valence-corrected chi connectivity index (χ2v) is 2.53. The predicted molar refractivity (Wildman–Crippen MR) is 46.3 cm³/mol. The molecule has 0 fully saturated rings. The first-order chi connectivity index (χ1) is 5.08. The smallest absolute Gasteiger partial charge is 0.0581 e. The maximum Gasteiger partial charge on any atom is 0.0581 e. The van der Waals surface area contributed by atoms with Crippen LogP contribution in [0.1, 0.15) is 13.8 Å². The van der Waals surface area contributed by atoms with Gasteiger partial charge in [0.05, 0.1) is 13.2 Å². The number of rotatable bonds is 3. The van der Waals surface area contributed by atoms with Crippen molar-refractivity contribution in [1.82, 2.24) is 5.32 Å². The molecule has 0 bridgehead atoms. The zero-order chi connectivity index (χ0) is 9.28. The van der Waals surface area contributed by atoms with Crippen molar-refractivity contribution >= 4 is 0 Å². The lowest BCUT2D eigenvalue weighted by atomic mass is 10.4. The van der Waals surface area contributed by atoms with Crippen LogP contribution >= 0.6 is 0 Å². The van der Waals surface area contributed by atoms with E-state index >= 15 is 0 Å². The molecule has 4 heteroatoms. The van der Waals surface area contributed by atoms with Gasteiger partial charge in [0.25, 0.3) is 0 Å². The summed E-state index contributed by atoms with van der Waals surface area (Å²) in [4.78, 5) is 0. The van der Waals surface area contributed by atoms with Crippen LogP contribution in [0.3, 0.4) is 0 Å². The molecule has 0 aromatic carbocycles. The summed E-state index contributed by atoms with van der Waals surface area (Å²) in [5, 5.41) is 19.2. The van der Waals surface area contributed by atoms with Gasteiger partial charge in [-0.05, 0) is 20.9 Å². The van der Waals surface area contributed by atoms with Crippen LogP contribution < -0.4 is 11.1 Å². The Morgan fingerprint density at radius 2 is 1.64 bits per heavy atom. The SMILES string of the molecule is CN[C@H](C)CO.C[C@@H](N)CO.